The Bertz CT molecular complexity index is 555. The molecular formula is C18H26O3. The zero-order chi connectivity index (χ0) is 15.3. The molecular weight excluding hydrogens is 264 g/mol. The van der Waals surface area contributed by atoms with Gasteiger partial charge in [0.2, 0.25) is 0 Å². The van der Waals surface area contributed by atoms with E-state index in [1.54, 1.807) is 0 Å². The van der Waals surface area contributed by atoms with Gasteiger partial charge in [-0.05, 0) is 19.3 Å². The first-order valence-electron chi connectivity index (χ1n) is 8.19. The largest absolute Gasteiger partial charge is 0.347 e. The van der Waals surface area contributed by atoms with E-state index in [4.69, 9.17) is 9.47 Å². The van der Waals surface area contributed by atoms with Crippen LogP contribution in [0.3, 0.4) is 0 Å². The summed E-state index contributed by atoms with van der Waals surface area (Å²) >= 11 is 0. The molecule has 0 aromatic carbocycles. The molecule has 4 aliphatic carbocycles. The molecule has 0 unspecified atom stereocenters. The number of Topliss-reactive ketones (excluding diaryl/α,β-unsaturated/α-hetero) is 1. The first-order chi connectivity index (χ1) is 9.66. The van der Waals surface area contributed by atoms with E-state index in [2.05, 4.69) is 40.7 Å². The van der Waals surface area contributed by atoms with Gasteiger partial charge in [-0.25, -0.2) is 0 Å². The first kappa shape index (κ1) is 14.0. The minimum Gasteiger partial charge on any atom is -0.347 e. The molecule has 0 aromatic rings. The van der Waals surface area contributed by atoms with Crippen LogP contribution in [-0.4, -0.2) is 24.8 Å². The van der Waals surface area contributed by atoms with Crippen LogP contribution in [0.25, 0.3) is 0 Å². The molecule has 0 amide bonds. The maximum absolute atomic E-state index is 13.2. The predicted molar refractivity (Wildman–Crippen MR) is 79.6 cm³/mol. The third-order valence-corrected chi connectivity index (χ3v) is 7.05. The van der Waals surface area contributed by atoms with Crippen molar-refractivity contribution in [2.45, 2.75) is 53.2 Å². The topological polar surface area (TPSA) is 35.5 Å². The minimum atomic E-state index is -0.474. The number of ether oxygens (including phenoxy) is 2. The standard InChI is InChI=1S/C18H26O3/c1-11-8-16(4)10-18(20-6-7-21-18)13(11)12-9-15(2,3)14(19)17(12,16)5/h8,12-13H,6-7,9-10H2,1-5H3/t12-,13+,16+,17+/m1/s1. The highest BCUT2D eigenvalue weighted by Gasteiger charge is 2.74. The molecule has 1 aliphatic heterocycles. The second-order valence-electron chi connectivity index (χ2n) is 8.70. The van der Waals surface area contributed by atoms with Crippen molar-refractivity contribution in [3.05, 3.63) is 11.6 Å². The number of ketones is 1. The molecule has 21 heavy (non-hydrogen) atoms. The van der Waals surface area contributed by atoms with E-state index >= 15 is 0 Å². The summed E-state index contributed by atoms with van der Waals surface area (Å²) in [6.45, 7) is 12.2. The molecule has 2 saturated carbocycles. The van der Waals surface area contributed by atoms with Crippen LogP contribution in [-0.2, 0) is 14.3 Å². The highest BCUT2D eigenvalue weighted by Crippen LogP contribution is 2.72. The monoisotopic (exact) mass is 290 g/mol. The van der Waals surface area contributed by atoms with E-state index in [-0.39, 0.29) is 22.2 Å². The van der Waals surface area contributed by atoms with E-state index in [1.807, 2.05) is 0 Å². The molecule has 0 aromatic heterocycles. The average Bonchev–Trinajstić information content (AvgIpc) is 2.87. The molecule has 3 fully saturated rings. The van der Waals surface area contributed by atoms with Crippen LogP contribution < -0.4 is 0 Å². The molecule has 3 heteroatoms. The highest BCUT2D eigenvalue weighted by molar-refractivity contribution is 5.94. The van der Waals surface area contributed by atoms with Gasteiger partial charge in [0.25, 0.3) is 0 Å². The molecule has 1 saturated heterocycles. The van der Waals surface area contributed by atoms with Gasteiger partial charge in [0.1, 0.15) is 5.78 Å². The lowest BCUT2D eigenvalue weighted by molar-refractivity contribution is -0.264. The third kappa shape index (κ3) is 1.36. The van der Waals surface area contributed by atoms with Gasteiger partial charge in [0.15, 0.2) is 5.79 Å². The van der Waals surface area contributed by atoms with Gasteiger partial charge in [-0.1, -0.05) is 39.3 Å². The molecule has 1 heterocycles. The van der Waals surface area contributed by atoms with Crippen LogP contribution in [0.5, 0.6) is 0 Å². The zero-order valence-corrected chi connectivity index (χ0v) is 13.8. The molecule has 5 aliphatic rings. The molecule has 2 bridgehead atoms. The van der Waals surface area contributed by atoms with E-state index in [0.717, 1.165) is 12.8 Å². The summed E-state index contributed by atoms with van der Waals surface area (Å²) < 4.78 is 12.3. The number of carbonyl (C=O) groups excluding carboxylic acids is 1. The van der Waals surface area contributed by atoms with Crippen molar-refractivity contribution in [2.75, 3.05) is 13.2 Å². The Hall–Kier alpha value is -0.670. The van der Waals surface area contributed by atoms with Crippen LogP contribution in [0.15, 0.2) is 11.6 Å². The SMILES string of the molecule is CC1=C[C@@]2(C)CC3(OCCO3)[C@@H]1[C@H]1CC(C)(C)C(=O)[C@]12C. The van der Waals surface area contributed by atoms with Crippen LogP contribution >= 0.6 is 0 Å². The van der Waals surface area contributed by atoms with Crippen LogP contribution in [0.4, 0.5) is 0 Å². The third-order valence-electron chi connectivity index (χ3n) is 7.05. The maximum atomic E-state index is 13.2. The van der Waals surface area contributed by atoms with Gasteiger partial charge in [0, 0.05) is 28.6 Å². The molecule has 3 nitrogen and oxygen atoms in total. The summed E-state index contributed by atoms with van der Waals surface area (Å²) in [6.07, 6.45) is 4.11. The quantitative estimate of drug-likeness (QED) is 0.642. The summed E-state index contributed by atoms with van der Waals surface area (Å²) in [5, 5.41) is 0. The summed E-state index contributed by atoms with van der Waals surface area (Å²) in [7, 11) is 0. The predicted octanol–water partition coefficient (Wildman–Crippen LogP) is 3.34. The highest BCUT2D eigenvalue weighted by atomic mass is 16.7. The van der Waals surface area contributed by atoms with E-state index in [1.165, 1.54) is 5.57 Å². The first-order valence-corrected chi connectivity index (χ1v) is 8.19. The molecule has 0 N–H and O–H groups in total. The van der Waals surface area contributed by atoms with Crippen molar-refractivity contribution in [3.63, 3.8) is 0 Å². The Morgan fingerprint density at radius 2 is 1.76 bits per heavy atom. The van der Waals surface area contributed by atoms with Gasteiger partial charge in [-0.2, -0.15) is 0 Å². The lowest BCUT2D eigenvalue weighted by atomic mass is 9.44. The zero-order valence-electron chi connectivity index (χ0n) is 13.8. The van der Waals surface area contributed by atoms with Gasteiger partial charge in [-0.15, -0.1) is 0 Å². The molecule has 0 radical (unpaired) electrons. The van der Waals surface area contributed by atoms with Crippen molar-refractivity contribution >= 4 is 5.78 Å². The van der Waals surface area contributed by atoms with Crippen LogP contribution in [0.2, 0.25) is 0 Å². The van der Waals surface area contributed by atoms with Gasteiger partial charge < -0.3 is 9.47 Å². The number of hydrogen-bond acceptors (Lipinski definition) is 3. The van der Waals surface area contributed by atoms with Crippen LogP contribution in [0, 0.1) is 28.1 Å². The molecule has 4 atom stereocenters. The molecule has 116 valence electrons. The number of allylic oxidation sites excluding steroid dienone is 1. The smallest absolute Gasteiger partial charge is 0.176 e. The summed E-state index contributed by atoms with van der Waals surface area (Å²) in [5.74, 6) is 0.529. The molecule has 5 rings (SSSR count). The van der Waals surface area contributed by atoms with Crippen LogP contribution in [0.1, 0.15) is 47.5 Å². The second kappa shape index (κ2) is 3.62. The van der Waals surface area contributed by atoms with Crippen molar-refractivity contribution in [3.8, 4) is 0 Å². The Balaban J connectivity index is 1.92. The number of hydrogen-bond donors (Lipinski definition) is 0. The fourth-order valence-electron chi connectivity index (χ4n) is 6.17. The van der Waals surface area contributed by atoms with Gasteiger partial charge >= 0.3 is 0 Å². The van der Waals surface area contributed by atoms with E-state index in [0.29, 0.717) is 24.9 Å². The Labute approximate surface area is 127 Å². The minimum absolute atomic E-state index is 0.161. The van der Waals surface area contributed by atoms with Gasteiger partial charge in [-0.3, -0.25) is 4.79 Å². The summed E-state index contributed by atoms with van der Waals surface area (Å²) in [4.78, 5) is 13.2. The van der Waals surface area contributed by atoms with E-state index in [9.17, 15) is 4.79 Å². The van der Waals surface area contributed by atoms with Crippen molar-refractivity contribution < 1.29 is 14.3 Å². The van der Waals surface area contributed by atoms with Crippen molar-refractivity contribution in [1.82, 2.24) is 0 Å². The van der Waals surface area contributed by atoms with Crippen molar-refractivity contribution in [2.24, 2.45) is 28.1 Å². The van der Waals surface area contributed by atoms with Gasteiger partial charge in [0.05, 0.1) is 13.2 Å². The lowest BCUT2D eigenvalue weighted by Crippen LogP contribution is -2.64. The maximum Gasteiger partial charge on any atom is 0.176 e. The Kier molecular flexibility index (Phi) is 2.41. The number of carbonyl (C=O) groups is 1. The Morgan fingerprint density at radius 1 is 1.14 bits per heavy atom. The second-order valence-corrected chi connectivity index (χ2v) is 8.70. The normalized spacial score (nSPS) is 49.6. The van der Waals surface area contributed by atoms with Crippen molar-refractivity contribution in [1.29, 1.82) is 0 Å². The summed E-state index contributed by atoms with van der Waals surface area (Å²) in [6, 6.07) is 0. The summed E-state index contributed by atoms with van der Waals surface area (Å²) in [5.41, 5.74) is 0.688. The fourth-order valence-corrected chi connectivity index (χ4v) is 6.17. The lowest BCUT2D eigenvalue weighted by Gasteiger charge is -2.62. The molecule has 1 spiro atoms. The Morgan fingerprint density at radius 3 is 2.38 bits per heavy atom. The fraction of sp³-hybridized carbons (Fsp3) is 0.833. The average molecular weight is 290 g/mol. The number of rotatable bonds is 0. The van der Waals surface area contributed by atoms with E-state index < -0.39 is 5.79 Å².